The Bertz CT molecular complexity index is 1250. The molecule has 0 spiro atoms. The summed E-state index contributed by atoms with van der Waals surface area (Å²) in [5.41, 5.74) is 6.81. The van der Waals surface area contributed by atoms with E-state index in [4.69, 9.17) is 0 Å². The molecule has 1 aliphatic heterocycles. The fraction of sp³-hybridized carbons (Fsp3) is 0.154. The number of nitriles is 1. The Morgan fingerprint density at radius 3 is 2.55 bits per heavy atom. The molecule has 0 aliphatic carbocycles. The summed E-state index contributed by atoms with van der Waals surface area (Å²) in [7, 11) is 0. The molecule has 1 aromatic heterocycles. The molecule has 152 valence electrons. The van der Waals surface area contributed by atoms with Crippen molar-refractivity contribution >= 4 is 28.0 Å². The van der Waals surface area contributed by atoms with Gasteiger partial charge < -0.3 is 15.5 Å². The lowest BCUT2D eigenvalue weighted by Crippen LogP contribution is -2.43. The smallest absolute Gasteiger partial charge is 0.0998 e. The first-order valence-electron chi connectivity index (χ1n) is 10.5. The van der Waals surface area contributed by atoms with Gasteiger partial charge in [0.25, 0.3) is 0 Å². The average Bonchev–Trinajstić information content (AvgIpc) is 2.85. The molecule has 1 saturated heterocycles. The van der Waals surface area contributed by atoms with E-state index in [0.717, 1.165) is 59.6 Å². The molecule has 2 heterocycles. The number of piperazine rings is 1. The van der Waals surface area contributed by atoms with E-state index in [0.29, 0.717) is 5.56 Å². The third-order valence-corrected chi connectivity index (χ3v) is 5.73. The van der Waals surface area contributed by atoms with Crippen LogP contribution in [0.15, 0.2) is 79.0 Å². The van der Waals surface area contributed by atoms with E-state index in [1.54, 1.807) is 0 Å². The fourth-order valence-corrected chi connectivity index (χ4v) is 4.09. The van der Waals surface area contributed by atoms with Crippen LogP contribution < -0.4 is 15.5 Å². The van der Waals surface area contributed by atoms with E-state index < -0.39 is 0 Å². The quantitative estimate of drug-likeness (QED) is 0.504. The number of anilines is 3. The number of aromatic nitrogens is 1. The van der Waals surface area contributed by atoms with Gasteiger partial charge in [-0.2, -0.15) is 5.26 Å². The van der Waals surface area contributed by atoms with Crippen LogP contribution in [0.3, 0.4) is 0 Å². The lowest BCUT2D eigenvalue weighted by molar-refractivity contribution is 0.589. The van der Waals surface area contributed by atoms with Crippen molar-refractivity contribution in [1.29, 1.82) is 5.26 Å². The van der Waals surface area contributed by atoms with E-state index in [2.05, 4.69) is 56.9 Å². The van der Waals surface area contributed by atoms with Gasteiger partial charge in [0.1, 0.15) is 0 Å². The number of pyridine rings is 1. The van der Waals surface area contributed by atoms with Crippen molar-refractivity contribution in [1.82, 2.24) is 10.3 Å². The summed E-state index contributed by atoms with van der Waals surface area (Å²) in [5, 5.41) is 17.4. The first-order chi connectivity index (χ1) is 15.3. The van der Waals surface area contributed by atoms with Gasteiger partial charge in [0, 0.05) is 54.8 Å². The van der Waals surface area contributed by atoms with Crippen molar-refractivity contribution in [3.8, 4) is 17.2 Å². The van der Waals surface area contributed by atoms with E-state index >= 15 is 0 Å². The van der Waals surface area contributed by atoms with E-state index in [1.807, 2.05) is 48.7 Å². The van der Waals surface area contributed by atoms with Crippen molar-refractivity contribution in [2.75, 3.05) is 36.4 Å². The van der Waals surface area contributed by atoms with Crippen LogP contribution >= 0.6 is 0 Å². The number of rotatable bonds is 4. The zero-order chi connectivity index (χ0) is 21.0. The molecule has 0 bridgehead atoms. The lowest BCUT2D eigenvalue weighted by atomic mass is 9.98. The maximum absolute atomic E-state index is 9.48. The lowest BCUT2D eigenvalue weighted by Gasteiger charge is -2.29. The van der Waals surface area contributed by atoms with Crippen LogP contribution in [0.4, 0.5) is 17.1 Å². The number of benzene rings is 3. The van der Waals surface area contributed by atoms with Crippen molar-refractivity contribution in [3.05, 3.63) is 84.6 Å². The molecule has 5 nitrogen and oxygen atoms in total. The molecular weight excluding hydrogens is 382 g/mol. The normalized spacial score (nSPS) is 13.7. The van der Waals surface area contributed by atoms with Crippen LogP contribution in [-0.2, 0) is 0 Å². The second-order valence-electron chi connectivity index (χ2n) is 7.66. The molecular formula is C26H23N5. The van der Waals surface area contributed by atoms with E-state index in [-0.39, 0.29) is 0 Å². The van der Waals surface area contributed by atoms with Crippen molar-refractivity contribution < 1.29 is 0 Å². The Hall–Kier alpha value is -3.88. The standard InChI is InChI=1S/C26H23N5/c27-18-20-3-1-2-4-23(20)19-5-10-25-24(17-19)26(11-12-29-25)30-21-6-8-22(9-7-21)31-15-13-28-14-16-31/h1-12,17,28H,13-16H2,(H,29,30). The number of nitrogens with one attached hydrogen (secondary N) is 2. The van der Waals surface area contributed by atoms with Gasteiger partial charge in [0.2, 0.25) is 0 Å². The Morgan fingerprint density at radius 2 is 1.74 bits per heavy atom. The van der Waals surface area contributed by atoms with Crippen LogP contribution in [0.1, 0.15) is 5.56 Å². The first kappa shape index (κ1) is 19.1. The minimum atomic E-state index is 0.670. The maximum atomic E-state index is 9.48. The molecule has 3 aromatic carbocycles. The SMILES string of the molecule is N#Cc1ccccc1-c1ccc2nccc(Nc3ccc(N4CCNCC4)cc3)c2c1. The average molecular weight is 406 g/mol. The Morgan fingerprint density at radius 1 is 0.935 bits per heavy atom. The summed E-state index contributed by atoms with van der Waals surface area (Å²) in [6, 6.07) is 26.7. The second kappa shape index (κ2) is 8.47. The monoisotopic (exact) mass is 405 g/mol. The third kappa shape index (κ3) is 3.94. The molecule has 1 aliphatic rings. The summed E-state index contributed by atoms with van der Waals surface area (Å²) >= 11 is 0. The number of nitrogens with zero attached hydrogens (tertiary/aromatic N) is 3. The predicted octanol–water partition coefficient (Wildman–Crippen LogP) is 4.93. The highest BCUT2D eigenvalue weighted by molar-refractivity contribution is 5.96. The molecule has 0 saturated carbocycles. The molecule has 0 amide bonds. The van der Waals surface area contributed by atoms with Gasteiger partial charge in [-0.3, -0.25) is 4.98 Å². The molecule has 5 heteroatoms. The number of hydrogen-bond donors (Lipinski definition) is 2. The van der Waals surface area contributed by atoms with Gasteiger partial charge in [0.05, 0.1) is 17.1 Å². The minimum Gasteiger partial charge on any atom is -0.369 e. The maximum Gasteiger partial charge on any atom is 0.0998 e. The summed E-state index contributed by atoms with van der Waals surface area (Å²) in [6.07, 6.45) is 1.82. The second-order valence-corrected chi connectivity index (χ2v) is 7.66. The van der Waals surface area contributed by atoms with Gasteiger partial charge in [-0.05, 0) is 59.7 Å². The predicted molar refractivity (Wildman–Crippen MR) is 127 cm³/mol. The van der Waals surface area contributed by atoms with Crippen LogP contribution in [-0.4, -0.2) is 31.2 Å². The largest absolute Gasteiger partial charge is 0.369 e. The third-order valence-electron chi connectivity index (χ3n) is 5.73. The molecule has 2 N–H and O–H groups in total. The van der Waals surface area contributed by atoms with E-state index in [1.165, 1.54) is 5.69 Å². The van der Waals surface area contributed by atoms with Crippen LogP contribution in [0.5, 0.6) is 0 Å². The van der Waals surface area contributed by atoms with Gasteiger partial charge in [-0.25, -0.2) is 0 Å². The van der Waals surface area contributed by atoms with Crippen LogP contribution in [0.25, 0.3) is 22.0 Å². The zero-order valence-corrected chi connectivity index (χ0v) is 17.2. The van der Waals surface area contributed by atoms with Crippen LogP contribution in [0.2, 0.25) is 0 Å². The Kier molecular flexibility index (Phi) is 5.22. The first-order valence-corrected chi connectivity index (χ1v) is 10.5. The molecule has 0 unspecified atom stereocenters. The zero-order valence-electron chi connectivity index (χ0n) is 17.2. The fourth-order valence-electron chi connectivity index (χ4n) is 4.09. The van der Waals surface area contributed by atoms with Gasteiger partial charge in [0.15, 0.2) is 0 Å². The van der Waals surface area contributed by atoms with Gasteiger partial charge in [-0.1, -0.05) is 24.3 Å². The summed E-state index contributed by atoms with van der Waals surface area (Å²) in [4.78, 5) is 6.92. The van der Waals surface area contributed by atoms with Gasteiger partial charge >= 0.3 is 0 Å². The van der Waals surface area contributed by atoms with Crippen molar-refractivity contribution in [3.63, 3.8) is 0 Å². The Labute approximate surface area is 182 Å². The highest BCUT2D eigenvalue weighted by Gasteiger charge is 2.11. The topological polar surface area (TPSA) is 64.0 Å². The number of fused-ring (bicyclic) bond motifs is 1. The van der Waals surface area contributed by atoms with Crippen molar-refractivity contribution in [2.24, 2.45) is 0 Å². The molecule has 5 rings (SSSR count). The van der Waals surface area contributed by atoms with Gasteiger partial charge in [-0.15, -0.1) is 0 Å². The highest BCUT2D eigenvalue weighted by atomic mass is 15.2. The number of hydrogen-bond acceptors (Lipinski definition) is 5. The molecule has 31 heavy (non-hydrogen) atoms. The summed E-state index contributed by atoms with van der Waals surface area (Å²) in [6.45, 7) is 4.13. The van der Waals surface area contributed by atoms with E-state index in [9.17, 15) is 5.26 Å². The summed E-state index contributed by atoms with van der Waals surface area (Å²) in [5.74, 6) is 0. The van der Waals surface area contributed by atoms with Crippen LogP contribution in [0, 0.1) is 11.3 Å². The summed E-state index contributed by atoms with van der Waals surface area (Å²) < 4.78 is 0. The Balaban J connectivity index is 1.46. The minimum absolute atomic E-state index is 0.670. The molecule has 4 aromatic rings. The molecule has 0 radical (unpaired) electrons. The van der Waals surface area contributed by atoms with Crippen molar-refractivity contribution in [2.45, 2.75) is 0 Å². The highest BCUT2D eigenvalue weighted by Crippen LogP contribution is 2.31. The molecule has 1 fully saturated rings. The molecule has 0 atom stereocenters.